The Kier molecular flexibility index (Phi) is 9.05. The molecule has 8 heteroatoms. The van der Waals surface area contributed by atoms with E-state index in [2.05, 4.69) is 10.1 Å². The Hall–Kier alpha value is -2.45. The second-order valence-corrected chi connectivity index (χ2v) is 8.15. The van der Waals surface area contributed by atoms with Crippen molar-refractivity contribution < 1.29 is 19.7 Å². The first-order valence-corrected chi connectivity index (χ1v) is 11.1. The Morgan fingerprint density at radius 1 is 1.25 bits per heavy atom. The third kappa shape index (κ3) is 6.77. The molecule has 3 atom stereocenters. The van der Waals surface area contributed by atoms with E-state index in [1.165, 1.54) is 6.21 Å². The van der Waals surface area contributed by atoms with Crippen molar-refractivity contribution in [3.63, 3.8) is 0 Å². The van der Waals surface area contributed by atoms with Gasteiger partial charge in [0.1, 0.15) is 5.75 Å². The molecule has 32 heavy (non-hydrogen) atoms. The van der Waals surface area contributed by atoms with Crippen molar-refractivity contribution in [2.45, 2.75) is 44.5 Å². The van der Waals surface area contributed by atoms with Crippen LogP contribution in [-0.2, 0) is 11.2 Å². The normalized spacial score (nSPS) is 21.8. The molecule has 1 aliphatic rings. The molecule has 1 fully saturated rings. The van der Waals surface area contributed by atoms with Gasteiger partial charge in [-0.2, -0.15) is 5.10 Å². The van der Waals surface area contributed by atoms with Crippen LogP contribution in [0.5, 0.6) is 5.75 Å². The predicted octanol–water partition coefficient (Wildman–Crippen LogP) is 3.29. The fourth-order valence-electron chi connectivity index (χ4n) is 3.78. The number of nitrogens with two attached hydrogens (primary N) is 1. The van der Waals surface area contributed by atoms with Gasteiger partial charge in [-0.15, -0.1) is 0 Å². The summed E-state index contributed by atoms with van der Waals surface area (Å²) in [5.41, 5.74) is 3.46. The zero-order chi connectivity index (χ0) is 22.9. The molecule has 0 aromatic heterocycles. The standard InChI is InChI=1S/C24H30ClN3O4/c1-2-31-21-6-3-16(4-7-21)9-18-10-17(5-8-23(18)25)24-12-20(30)11-22(32-24)14-27-19(15-29)13-28-26/h3-8,10,13,20,22,24,29-30H,2,9,11-12,14-15,26H2,1H3/t20-,22-,24+/m0/s1. The van der Waals surface area contributed by atoms with Crippen molar-refractivity contribution in [2.75, 3.05) is 19.8 Å². The number of aliphatic imine (C=N–C) groups is 1. The van der Waals surface area contributed by atoms with Crippen LogP contribution in [-0.4, -0.2) is 54.1 Å². The first-order valence-electron chi connectivity index (χ1n) is 10.7. The van der Waals surface area contributed by atoms with Crippen LogP contribution in [0, 0.1) is 0 Å². The van der Waals surface area contributed by atoms with Gasteiger partial charge in [0.15, 0.2) is 0 Å². The number of rotatable bonds is 9. The lowest BCUT2D eigenvalue weighted by molar-refractivity contribution is -0.0929. The van der Waals surface area contributed by atoms with Crippen LogP contribution in [0.2, 0.25) is 5.02 Å². The van der Waals surface area contributed by atoms with Gasteiger partial charge in [-0.25, -0.2) is 0 Å². The van der Waals surface area contributed by atoms with Crippen LogP contribution in [0.3, 0.4) is 0 Å². The first-order chi connectivity index (χ1) is 15.5. The van der Waals surface area contributed by atoms with E-state index in [1.807, 2.05) is 49.4 Å². The fourth-order valence-corrected chi connectivity index (χ4v) is 3.96. The molecule has 4 N–H and O–H groups in total. The Bertz CT molecular complexity index is 933. The molecule has 3 rings (SSSR count). The number of aliphatic hydroxyl groups excluding tert-OH is 2. The molecular weight excluding hydrogens is 430 g/mol. The fraction of sp³-hybridized carbons (Fsp3) is 0.417. The van der Waals surface area contributed by atoms with Crippen molar-refractivity contribution in [3.8, 4) is 5.75 Å². The Balaban J connectivity index is 1.72. The number of hydrogen-bond acceptors (Lipinski definition) is 7. The minimum atomic E-state index is -0.500. The number of hydrazone groups is 1. The number of benzene rings is 2. The van der Waals surface area contributed by atoms with Crippen molar-refractivity contribution >= 4 is 23.5 Å². The average Bonchev–Trinajstić information content (AvgIpc) is 2.79. The summed E-state index contributed by atoms with van der Waals surface area (Å²) >= 11 is 6.47. The average molecular weight is 460 g/mol. The number of ether oxygens (including phenoxy) is 2. The molecule has 0 aliphatic carbocycles. The number of halogens is 1. The predicted molar refractivity (Wildman–Crippen MR) is 127 cm³/mol. The third-order valence-corrected chi connectivity index (χ3v) is 5.70. The van der Waals surface area contributed by atoms with Crippen LogP contribution >= 0.6 is 11.6 Å². The van der Waals surface area contributed by atoms with Crippen LogP contribution < -0.4 is 10.6 Å². The van der Waals surface area contributed by atoms with E-state index in [1.54, 1.807) is 0 Å². The highest BCUT2D eigenvalue weighted by atomic mass is 35.5. The van der Waals surface area contributed by atoms with E-state index in [4.69, 9.17) is 26.9 Å². The summed E-state index contributed by atoms with van der Waals surface area (Å²) in [6, 6.07) is 13.8. The highest BCUT2D eigenvalue weighted by molar-refractivity contribution is 6.31. The van der Waals surface area contributed by atoms with Gasteiger partial charge in [-0.3, -0.25) is 4.99 Å². The van der Waals surface area contributed by atoms with Gasteiger partial charge in [-0.1, -0.05) is 35.9 Å². The number of aliphatic hydroxyl groups is 2. The topological polar surface area (TPSA) is 110 Å². The summed E-state index contributed by atoms with van der Waals surface area (Å²) in [6.45, 7) is 2.64. The number of nitrogens with zero attached hydrogens (tertiary/aromatic N) is 2. The summed E-state index contributed by atoms with van der Waals surface area (Å²) in [7, 11) is 0. The molecular formula is C24H30ClN3O4. The molecule has 2 aromatic rings. The van der Waals surface area contributed by atoms with Gasteiger partial charge in [0.05, 0.1) is 50.0 Å². The summed E-state index contributed by atoms with van der Waals surface area (Å²) in [5, 5.41) is 23.8. The van der Waals surface area contributed by atoms with Crippen molar-refractivity contribution in [1.29, 1.82) is 0 Å². The van der Waals surface area contributed by atoms with Crippen LogP contribution in [0.15, 0.2) is 52.6 Å². The van der Waals surface area contributed by atoms with Gasteiger partial charge < -0.3 is 25.5 Å². The maximum Gasteiger partial charge on any atom is 0.119 e. The smallest absolute Gasteiger partial charge is 0.119 e. The lowest BCUT2D eigenvalue weighted by atomic mass is 9.94. The Morgan fingerprint density at radius 2 is 2.03 bits per heavy atom. The van der Waals surface area contributed by atoms with E-state index in [0.717, 1.165) is 22.4 Å². The zero-order valence-corrected chi connectivity index (χ0v) is 18.9. The highest BCUT2D eigenvalue weighted by Crippen LogP contribution is 2.34. The molecule has 0 unspecified atom stereocenters. The van der Waals surface area contributed by atoms with E-state index in [9.17, 15) is 10.2 Å². The summed E-state index contributed by atoms with van der Waals surface area (Å²) in [5.74, 6) is 5.97. The first kappa shape index (κ1) is 24.2. The summed E-state index contributed by atoms with van der Waals surface area (Å²) in [6.07, 6.45) is 1.92. The Morgan fingerprint density at radius 3 is 2.72 bits per heavy atom. The quantitative estimate of drug-likeness (QED) is 0.303. The molecule has 1 heterocycles. The molecule has 1 aliphatic heterocycles. The van der Waals surface area contributed by atoms with Crippen molar-refractivity contribution in [3.05, 3.63) is 64.2 Å². The van der Waals surface area contributed by atoms with Crippen LogP contribution in [0.4, 0.5) is 0 Å². The van der Waals surface area contributed by atoms with E-state index in [0.29, 0.717) is 43.1 Å². The maximum atomic E-state index is 10.4. The minimum Gasteiger partial charge on any atom is -0.494 e. The number of hydrogen-bond donors (Lipinski definition) is 3. The van der Waals surface area contributed by atoms with Gasteiger partial charge in [-0.05, 0) is 48.2 Å². The SMILES string of the molecule is CCOc1ccc(Cc2cc([C@H]3C[C@@H](O)C[C@@H](CN=C(C=NN)CO)O3)ccc2Cl)cc1. The van der Waals surface area contributed by atoms with Gasteiger partial charge in [0.2, 0.25) is 0 Å². The molecule has 0 bridgehead atoms. The van der Waals surface area contributed by atoms with Crippen LogP contribution in [0.25, 0.3) is 0 Å². The van der Waals surface area contributed by atoms with Crippen LogP contribution in [0.1, 0.15) is 42.6 Å². The second-order valence-electron chi connectivity index (χ2n) is 7.74. The molecule has 0 radical (unpaired) electrons. The molecule has 0 amide bonds. The van der Waals surface area contributed by atoms with E-state index < -0.39 is 6.10 Å². The van der Waals surface area contributed by atoms with Crippen molar-refractivity contribution in [1.82, 2.24) is 0 Å². The lowest BCUT2D eigenvalue weighted by Gasteiger charge is -2.33. The highest BCUT2D eigenvalue weighted by Gasteiger charge is 2.29. The summed E-state index contributed by atoms with van der Waals surface area (Å²) < 4.78 is 11.7. The molecule has 172 valence electrons. The van der Waals surface area contributed by atoms with Gasteiger partial charge in [0.25, 0.3) is 0 Å². The largest absolute Gasteiger partial charge is 0.494 e. The molecule has 7 nitrogen and oxygen atoms in total. The molecule has 2 aromatic carbocycles. The minimum absolute atomic E-state index is 0.258. The van der Waals surface area contributed by atoms with Gasteiger partial charge in [0, 0.05) is 17.9 Å². The lowest BCUT2D eigenvalue weighted by Crippen LogP contribution is -2.33. The van der Waals surface area contributed by atoms with Gasteiger partial charge >= 0.3 is 0 Å². The second kappa shape index (κ2) is 12.0. The van der Waals surface area contributed by atoms with E-state index >= 15 is 0 Å². The zero-order valence-electron chi connectivity index (χ0n) is 18.2. The molecule has 0 saturated carbocycles. The maximum absolute atomic E-state index is 10.4. The summed E-state index contributed by atoms with van der Waals surface area (Å²) in [4.78, 5) is 4.30. The van der Waals surface area contributed by atoms with E-state index in [-0.39, 0.29) is 18.8 Å². The molecule has 1 saturated heterocycles. The molecule has 0 spiro atoms. The Labute approximate surface area is 193 Å². The monoisotopic (exact) mass is 459 g/mol. The third-order valence-electron chi connectivity index (χ3n) is 5.33. The van der Waals surface area contributed by atoms with Crippen molar-refractivity contribution in [2.24, 2.45) is 15.9 Å².